The van der Waals surface area contributed by atoms with Crippen LogP contribution < -0.4 is 14.8 Å². The molecule has 0 radical (unpaired) electrons. The molecule has 1 aliphatic rings. The molecule has 0 saturated carbocycles. The highest BCUT2D eigenvalue weighted by atomic mass is 35.5. The molecule has 4 rings (SSSR count). The minimum Gasteiger partial charge on any atom is -0.494 e. The molecule has 0 aromatic heterocycles. The molecule has 194 valence electrons. The number of hydrogen-bond acceptors (Lipinski definition) is 7. The van der Waals surface area contributed by atoms with E-state index in [0.29, 0.717) is 48.6 Å². The van der Waals surface area contributed by atoms with Crippen LogP contribution in [0.5, 0.6) is 11.5 Å². The lowest BCUT2D eigenvalue weighted by Gasteiger charge is -2.14. The molecule has 37 heavy (non-hydrogen) atoms. The first-order valence-electron chi connectivity index (χ1n) is 11.8. The number of imide groups is 1. The predicted octanol–water partition coefficient (Wildman–Crippen LogP) is 4.84. The van der Waals surface area contributed by atoms with Crippen LogP contribution in [0.2, 0.25) is 0 Å². The lowest BCUT2D eigenvalue weighted by molar-refractivity contribution is 0.0598. The SMILES string of the molecule is COC(=O)c1ccc(OCCCNc2ccc(OCCCN3C(=O)c4ccccc4C3=O)cc2)cc1.Cl. The summed E-state index contributed by atoms with van der Waals surface area (Å²) in [6.45, 7) is 2.00. The van der Waals surface area contributed by atoms with Crippen LogP contribution in [0.1, 0.15) is 43.9 Å². The van der Waals surface area contributed by atoms with Crippen molar-refractivity contribution in [2.45, 2.75) is 12.8 Å². The highest BCUT2D eigenvalue weighted by Gasteiger charge is 2.34. The monoisotopic (exact) mass is 524 g/mol. The van der Waals surface area contributed by atoms with E-state index < -0.39 is 0 Å². The number of rotatable bonds is 12. The van der Waals surface area contributed by atoms with E-state index in [-0.39, 0.29) is 30.2 Å². The summed E-state index contributed by atoms with van der Waals surface area (Å²) >= 11 is 0. The van der Waals surface area contributed by atoms with Gasteiger partial charge in [0.2, 0.25) is 0 Å². The zero-order valence-electron chi connectivity index (χ0n) is 20.5. The Kier molecular flexibility index (Phi) is 9.92. The molecule has 1 aliphatic heterocycles. The fourth-order valence-corrected chi connectivity index (χ4v) is 3.82. The molecule has 1 heterocycles. The first kappa shape index (κ1) is 27.5. The van der Waals surface area contributed by atoms with E-state index >= 15 is 0 Å². The Bertz CT molecular complexity index is 1180. The number of esters is 1. The van der Waals surface area contributed by atoms with Crippen molar-refractivity contribution in [3.63, 3.8) is 0 Å². The Morgan fingerprint density at radius 3 is 1.89 bits per heavy atom. The molecular formula is C28H29ClN2O6. The molecule has 0 unspecified atom stereocenters. The van der Waals surface area contributed by atoms with Crippen LogP contribution in [0.25, 0.3) is 0 Å². The van der Waals surface area contributed by atoms with Gasteiger partial charge < -0.3 is 19.5 Å². The number of hydrogen-bond donors (Lipinski definition) is 1. The lowest BCUT2D eigenvalue weighted by Crippen LogP contribution is -2.31. The first-order valence-corrected chi connectivity index (χ1v) is 11.8. The number of nitrogens with zero attached hydrogens (tertiary/aromatic N) is 1. The Hall–Kier alpha value is -4.04. The number of fused-ring (bicyclic) bond motifs is 1. The van der Waals surface area contributed by atoms with E-state index in [9.17, 15) is 14.4 Å². The zero-order valence-corrected chi connectivity index (χ0v) is 21.3. The number of nitrogens with one attached hydrogen (secondary N) is 1. The third kappa shape index (κ3) is 7.01. The molecule has 0 bridgehead atoms. The van der Waals surface area contributed by atoms with E-state index in [1.807, 2.05) is 24.3 Å². The summed E-state index contributed by atoms with van der Waals surface area (Å²) < 4.78 is 16.1. The van der Waals surface area contributed by atoms with Gasteiger partial charge >= 0.3 is 5.97 Å². The molecule has 9 heteroatoms. The van der Waals surface area contributed by atoms with Crippen molar-refractivity contribution in [2.75, 3.05) is 38.7 Å². The van der Waals surface area contributed by atoms with Crippen molar-refractivity contribution in [3.8, 4) is 11.5 Å². The summed E-state index contributed by atoms with van der Waals surface area (Å²) in [6.07, 6.45) is 1.35. The van der Waals surface area contributed by atoms with Gasteiger partial charge in [-0.15, -0.1) is 12.4 Å². The quantitative estimate of drug-likeness (QED) is 0.206. The highest BCUT2D eigenvalue weighted by Crippen LogP contribution is 2.23. The summed E-state index contributed by atoms with van der Waals surface area (Å²) in [5.74, 6) is 0.568. The van der Waals surface area contributed by atoms with Crippen LogP contribution in [0.3, 0.4) is 0 Å². The second kappa shape index (κ2) is 13.3. The van der Waals surface area contributed by atoms with Gasteiger partial charge in [-0.05, 0) is 73.5 Å². The minimum atomic E-state index is -0.372. The van der Waals surface area contributed by atoms with E-state index in [2.05, 4.69) is 10.1 Å². The normalized spacial score (nSPS) is 12.0. The first-order chi connectivity index (χ1) is 17.6. The van der Waals surface area contributed by atoms with Crippen molar-refractivity contribution in [1.29, 1.82) is 0 Å². The number of ether oxygens (including phenoxy) is 3. The van der Waals surface area contributed by atoms with E-state index in [0.717, 1.165) is 24.4 Å². The van der Waals surface area contributed by atoms with Crippen molar-refractivity contribution < 1.29 is 28.6 Å². The number of carbonyl (C=O) groups is 3. The number of benzene rings is 3. The molecule has 0 spiro atoms. The van der Waals surface area contributed by atoms with Crippen LogP contribution in [0.15, 0.2) is 72.8 Å². The van der Waals surface area contributed by atoms with Crippen LogP contribution in [0.4, 0.5) is 5.69 Å². The largest absolute Gasteiger partial charge is 0.494 e. The zero-order chi connectivity index (χ0) is 25.3. The van der Waals surface area contributed by atoms with Gasteiger partial charge in [0.1, 0.15) is 11.5 Å². The molecule has 0 saturated heterocycles. The topological polar surface area (TPSA) is 94.2 Å². The lowest BCUT2D eigenvalue weighted by atomic mass is 10.1. The van der Waals surface area contributed by atoms with Crippen LogP contribution >= 0.6 is 12.4 Å². The van der Waals surface area contributed by atoms with E-state index in [1.54, 1.807) is 48.5 Å². The van der Waals surface area contributed by atoms with E-state index in [4.69, 9.17) is 9.47 Å². The van der Waals surface area contributed by atoms with Gasteiger partial charge in [-0.3, -0.25) is 14.5 Å². The van der Waals surface area contributed by atoms with E-state index in [1.165, 1.54) is 12.0 Å². The number of anilines is 1. The molecular weight excluding hydrogens is 496 g/mol. The summed E-state index contributed by atoms with van der Waals surface area (Å²) in [5, 5.41) is 3.33. The number of carbonyl (C=O) groups excluding carboxylic acids is 3. The Morgan fingerprint density at radius 1 is 0.784 bits per heavy atom. The molecule has 1 N–H and O–H groups in total. The number of amides is 2. The van der Waals surface area contributed by atoms with Gasteiger partial charge in [0.15, 0.2) is 0 Å². The maximum Gasteiger partial charge on any atom is 0.337 e. The standard InChI is InChI=1S/C28H28N2O6.ClH/c1-34-28(33)20-8-12-22(13-9-20)35-18-4-16-29-21-10-14-23(15-11-21)36-19-5-17-30-26(31)24-6-2-3-7-25(24)27(30)32;/h2-3,6-15,29H,4-5,16-19H2,1H3;1H. The fraction of sp³-hybridized carbons (Fsp3) is 0.250. The number of halogens is 1. The summed E-state index contributed by atoms with van der Waals surface area (Å²) in [6, 6.07) is 21.4. The smallest absolute Gasteiger partial charge is 0.337 e. The highest BCUT2D eigenvalue weighted by molar-refractivity contribution is 6.21. The predicted molar refractivity (Wildman–Crippen MR) is 142 cm³/mol. The third-order valence-corrected chi connectivity index (χ3v) is 5.72. The Balaban J connectivity index is 0.00000380. The van der Waals surface area contributed by atoms with Gasteiger partial charge in [-0.1, -0.05) is 12.1 Å². The summed E-state index contributed by atoms with van der Waals surface area (Å²) in [7, 11) is 1.35. The average Bonchev–Trinajstić information content (AvgIpc) is 3.16. The van der Waals surface area contributed by atoms with Crippen molar-refractivity contribution >= 4 is 35.9 Å². The van der Waals surface area contributed by atoms with Crippen molar-refractivity contribution in [1.82, 2.24) is 4.90 Å². The maximum absolute atomic E-state index is 12.4. The third-order valence-electron chi connectivity index (χ3n) is 5.72. The number of methoxy groups -OCH3 is 1. The van der Waals surface area contributed by atoms with Gasteiger partial charge in [0.25, 0.3) is 11.8 Å². The molecule has 2 amide bonds. The van der Waals surface area contributed by atoms with Crippen molar-refractivity contribution in [2.24, 2.45) is 0 Å². The van der Waals surface area contributed by atoms with Gasteiger partial charge in [0, 0.05) is 18.8 Å². The Labute approximate surface area is 221 Å². The minimum absolute atomic E-state index is 0. The molecule has 0 fully saturated rings. The van der Waals surface area contributed by atoms with Crippen LogP contribution in [0, 0.1) is 0 Å². The summed E-state index contributed by atoms with van der Waals surface area (Å²) in [4.78, 5) is 37.5. The molecule has 0 atom stereocenters. The van der Waals surface area contributed by atoms with Gasteiger partial charge in [-0.2, -0.15) is 0 Å². The molecule has 0 aliphatic carbocycles. The summed E-state index contributed by atoms with van der Waals surface area (Å²) in [5.41, 5.74) is 2.39. The van der Waals surface area contributed by atoms with Gasteiger partial charge in [0.05, 0.1) is 37.0 Å². The second-order valence-electron chi connectivity index (χ2n) is 8.18. The van der Waals surface area contributed by atoms with Gasteiger partial charge in [-0.25, -0.2) is 4.79 Å². The van der Waals surface area contributed by atoms with Crippen molar-refractivity contribution in [3.05, 3.63) is 89.5 Å². The van der Waals surface area contributed by atoms with Crippen LogP contribution in [-0.2, 0) is 4.74 Å². The molecule has 3 aromatic rings. The maximum atomic E-state index is 12.4. The second-order valence-corrected chi connectivity index (χ2v) is 8.18. The molecule has 8 nitrogen and oxygen atoms in total. The average molecular weight is 525 g/mol. The fourth-order valence-electron chi connectivity index (χ4n) is 3.82. The Morgan fingerprint density at radius 2 is 1.32 bits per heavy atom. The van der Waals surface area contributed by atoms with Crippen LogP contribution in [-0.4, -0.2) is 56.1 Å². The molecule has 3 aromatic carbocycles.